The number of fused-ring (bicyclic) bond motifs is 1. The van der Waals surface area contributed by atoms with Crippen LogP contribution >= 0.6 is 0 Å². The number of nitrogens with zero attached hydrogens (tertiary/aromatic N) is 1. The predicted octanol–water partition coefficient (Wildman–Crippen LogP) is 5.20. The standard InChI is InChI=1S/C22H20F4N2O3/c23-15-5-6-19(17(9-15)20(29)30)27-21(31)28-10-13-7-12(8-14(13)11-28)16-3-1-2-4-18(16)22(24,25)26/h1-6,9,12-14H,7-8,10-11H2,(H,27,31)(H,29,30)/t12?,13-,14?/m0/s1. The molecule has 2 N–H and O–H groups in total. The van der Waals surface area contributed by atoms with Crippen LogP contribution in [0.15, 0.2) is 42.5 Å². The van der Waals surface area contributed by atoms with Crippen molar-refractivity contribution in [1.29, 1.82) is 0 Å². The van der Waals surface area contributed by atoms with E-state index in [4.69, 9.17) is 0 Å². The van der Waals surface area contributed by atoms with Gasteiger partial charge in [-0.2, -0.15) is 13.2 Å². The first-order valence-electron chi connectivity index (χ1n) is 9.88. The van der Waals surface area contributed by atoms with Crippen molar-refractivity contribution in [2.45, 2.75) is 24.9 Å². The molecule has 1 saturated carbocycles. The van der Waals surface area contributed by atoms with Gasteiger partial charge in [0, 0.05) is 13.1 Å². The molecule has 1 heterocycles. The Hall–Kier alpha value is -3.10. The minimum atomic E-state index is -4.41. The molecule has 0 radical (unpaired) electrons. The van der Waals surface area contributed by atoms with Gasteiger partial charge < -0.3 is 15.3 Å². The Labute approximate surface area is 175 Å². The Morgan fingerprint density at radius 2 is 1.68 bits per heavy atom. The molecule has 2 aromatic carbocycles. The lowest BCUT2D eigenvalue weighted by molar-refractivity contribution is -0.138. The van der Waals surface area contributed by atoms with Gasteiger partial charge in [0.1, 0.15) is 5.82 Å². The Kier molecular flexibility index (Phi) is 5.36. The fraction of sp³-hybridized carbons (Fsp3) is 0.364. The summed E-state index contributed by atoms with van der Waals surface area (Å²) in [5.41, 5.74) is -0.658. The highest BCUT2D eigenvalue weighted by atomic mass is 19.4. The van der Waals surface area contributed by atoms with E-state index in [9.17, 15) is 32.3 Å². The van der Waals surface area contributed by atoms with Crippen LogP contribution < -0.4 is 5.32 Å². The van der Waals surface area contributed by atoms with Crippen LogP contribution in [0.2, 0.25) is 0 Å². The maximum Gasteiger partial charge on any atom is 0.416 e. The third kappa shape index (κ3) is 4.22. The summed E-state index contributed by atoms with van der Waals surface area (Å²) in [5, 5.41) is 11.7. The number of nitrogens with one attached hydrogen (secondary N) is 1. The lowest BCUT2D eigenvalue weighted by Crippen LogP contribution is -2.34. The molecule has 164 valence electrons. The number of hydrogen-bond donors (Lipinski definition) is 2. The summed E-state index contributed by atoms with van der Waals surface area (Å²) in [4.78, 5) is 25.5. The van der Waals surface area contributed by atoms with Crippen LogP contribution in [0.25, 0.3) is 0 Å². The summed E-state index contributed by atoms with van der Waals surface area (Å²) in [6.07, 6.45) is -3.30. The minimum absolute atomic E-state index is 0.00654. The molecule has 2 unspecified atom stereocenters. The highest BCUT2D eigenvalue weighted by Crippen LogP contribution is 2.48. The van der Waals surface area contributed by atoms with Crippen molar-refractivity contribution in [3.8, 4) is 0 Å². The molecule has 0 aromatic heterocycles. The molecule has 2 aliphatic rings. The number of amides is 2. The first-order valence-corrected chi connectivity index (χ1v) is 9.88. The fourth-order valence-corrected chi connectivity index (χ4v) is 4.83. The van der Waals surface area contributed by atoms with Crippen molar-refractivity contribution in [2.24, 2.45) is 11.8 Å². The summed E-state index contributed by atoms with van der Waals surface area (Å²) >= 11 is 0. The molecule has 9 heteroatoms. The summed E-state index contributed by atoms with van der Waals surface area (Å²) in [6, 6.07) is 8.21. The summed E-state index contributed by atoms with van der Waals surface area (Å²) in [7, 11) is 0. The largest absolute Gasteiger partial charge is 0.478 e. The van der Waals surface area contributed by atoms with E-state index in [1.807, 2.05) is 0 Å². The average molecular weight is 436 g/mol. The number of aromatic carboxylic acids is 1. The normalized spacial score (nSPS) is 23.0. The zero-order valence-corrected chi connectivity index (χ0v) is 16.3. The average Bonchev–Trinajstić information content (AvgIpc) is 3.28. The van der Waals surface area contributed by atoms with E-state index < -0.39 is 29.6 Å². The number of urea groups is 1. The Morgan fingerprint density at radius 1 is 1.03 bits per heavy atom. The highest BCUT2D eigenvalue weighted by molar-refractivity contribution is 6.00. The van der Waals surface area contributed by atoms with Crippen molar-refractivity contribution in [1.82, 2.24) is 4.90 Å². The van der Waals surface area contributed by atoms with Crippen molar-refractivity contribution in [3.63, 3.8) is 0 Å². The molecule has 3 atom stereocenters. The maximum atomic E-state index is 13.4. The number of benzene rings is 2. The fourth-order valence-electron chi connectivity index (χ4n) is 4.83. The third-order valence-corrected chi connectivity index (χ3v) is 6.20. The summed E-state index contributed by atoms with van der Waals surface area (Å²) in [5.74, 6) is -2.15. The number of carbonyl (C=O) groups excluding carboxylic acids is 1. The van der Waals surface area contributed by atoms with Gasteiger partial charge in [0.25, 0.3) is 0 Å². The molecular formula is C22H20F4N2O3. The van der Waals surface area contributed by atoms with Gasteiger partial charge in [-0.3, -0.25) is 0 Å². The van der Waals surface area contributed by atoms with Crippen LogP contribution in [-0.2, 0) is 6.18 Å². The molecule has 2 aromatic rings. The topological polar surface area (TPSA) is 69.6 Å². The van der Waals surface area contributed by atoms with E-state index >= 15 is 0 Å². The Balaban J connectivity index is 1.43. The summed E-state index contributed by atoms with van der Waals surface area (Å²) in [6.45, 7) is 0.759. The first kappa shape index (κ1) is 21.1. The zero-order chi connectivity index (χ0) is 22.3. The SMILES string of the molecule is O=C(O)c1cc(F)ccc1NC(=O)N1CC2CC(c3ccccc3C(F)(F)F)C[C@H]2C1. The van der Waals surface area contributed by atoms with Gasteiger partial charge in [-0.1, -0.05) is 18.2 Å². The van der Waals surface area contributed by atoms with Crippen LogP contribution in [0.1, 0.15) is 40.2 Å². The number of carboxylic acids is 1. The van der Waals surface area contributed by atoms with Crippen LogP contribution in [0.4, 0.5) is 28.0 Å². The zero-order valence-electron chi connectivity index (χ0n) is 16.3. The molecule has 0 spiro atoms. The number of anilines is 1. The van der Waals surface area contributed by atoms with E-state index in [1.54, 1.807) is 6.07 Å². The minimum Gasteiger partial charge on any atom is -0.478 e. The quantitative estimate of drug-likeness (QED) is 0.650. The van der Waals surface area contributed by atoms with E-state index in [0.29, 0.717) is 31.5 Å². The van der Waals surface area contributed by atoms with E-state index in [-0.39, 0.29) is 29.0 Å². The van der Waals surface area contributed by atoms with Crippen molar-refractivity contribution < 1.29 is 32.3 Å². The second-order valence-electron chi connectivity index (χ2n) is 8.10. The number of likely N-dealkylation sites (tertiary alicyclic amines) is 1. The van der Waals surface area contributed by atoms with Crippen LogP contribution in [-0.4, -0.2) is 35.1 Å². The molecule has 5 nitrogen and oxygen atoms in total. The molecule has 1 aliphatic carbocycles. The third-order valence-electron chi connectivity index (χ3n) is 6.20. The molecular weight excluding hydrogens is 416 g/mol. The van der Waals surface area contributed by atoms with Crippen molar-refractivity contribution in [2.75, 3.05) is 18.4 Å². The molecule has 1 saturated heterocycles. The number of alkyl halides is 3. The molecule has 31 heavy (non-hydrogen) atoms. The molecule has 4 rings (SSSR count). The van der Waals surface area contributed by atoms with Gasteiger partial charge in [-0.25, -0.2) is 14.0 Å². The number of hydrogen-bond acceptors (Lipinski definition) is 2. The molecule has 2 fully saturated rings. The second-order valence-corrected chi connectivity index (χ2v) is 8.10. The van der Waals surface area contributed by atoms with E-state index in [1.165, 1.54) is 23.1 Å². The number of carbonyl (C=O) groups is 2. The van der Waals surface area contributed by atoms with Crippen LogP contribution in [0.3, 0.4) is 0 Å². The van der Waals surface area contributed by atoms with Gasteiger partial charge in [0.15, 0.2) is 0 Å². The highest BCUT2D eigenvalue weighted by Gasteiger charge is 2.45. The monoisotopic (exact) mass is 436 g/mol. The van der Waals surface area contributed by atoms with E-state index in [0.717, 1.165) is 18.2 Å². The van der Waals surface area contributed by atoms with Gasteiger partial charge in [0.2, 0.25) is 0 Å². The molecule has 2 amide bonds. The number of carboxylic acid groups (broad SMARTS) is 1. The van der Waals surface area contributed by atoms with Gasteiger partial charge in [-0.05, 0) is 60.4 Å². The first-order chi connectivity index (χ1) is 14.6. The Morgan fingerprint density at radius 3 is 2.29 bits per heavy atom. The number of rotatable bonds is 3. The Bertz CT molecular complexity index is 1010. The van der Waals surface area contributed by atoms with Crippen LogP contribution in [0.5, 0.6) is 0 Å². The van der Waals surface area contributed by atoms with Crippen molar-refractivity contribution in [3.05, 3.63) is 65.0 Å². The number of halogens is 4. The predicted molar refractivity (Wildman–Crippen MR) is 104 cm³/mol. The smallest absolute Gasteiger partial charge is 0.416 e. The second kappa shape index (κ2) is 7.86. The molecule has 0 bridgehead atoms. The lowest BCUT2D eigenvalue weighted by atomic mass is 9.91. The van der Waals surface area contributed by atoms with Crippen LogP contribution in [0, 0.1) is 17.7 Å². The summed E-state index contributed by atoms with van der Waals surface area (Å²) < 4.78 is 53.4. The van der Waals surface area contributed by atoms with Gasteiger partial charge in [-0.15, -0.1) is 0 Å². The maximum absolute atomic E-state index is 13.4. The van der Waals surface area contributed by atoms with E-state index in [2.05, 4.69) is 5.32 Å². The molecule has 1 aliphatic heterocycles. The van der Waals surface area contributed by atoms with Gasteiger partial charge >= 0.3 is 18.2 Å². The van der Waals surface area contributed by atoms with Crippen molar-refractivity contribution >= 4 is 17.7 Å². The lowest BCUT2D eigenvalue weighted by Gasteiger charge is -2.22. The van der Waals surface area contributed by atoms with Gasteiger partial charge in [0.05, 0.1) is 16.8 Å².